The van der Waals surface area contributed by atoms with E-state index >= 15 is 0 Å². The first-order valence-corrected chi connectivity index (χ1v) is 9.23. The van der Waals surface area contributed by atoms with Crippen molar-refractivity contribution in [3.8, 4) is 5.88 Å². The monoisotopic (exact) mass is 375 g/mol. The lowest BCUT2D eigenvalue weighted by atomic mass is 10.2. The van der Waals surface area contributed by atoms with Crippen LogP contribution in [-0.2, 0) is 6.61 Å². The highest BCUT2D eigenvalue weighted by Crippen LogP contribution is 2.16. The molecule has 2 aromatic heterocycles. The van der Waals surface area contributed by atoms with Gasteiger partial charge in [0.15, 0.2) is 0 Å². The van der Waals surface area contributed by atoms with E-state index in [0.29, 0.717) is 50.2 Å². The van der Waals surface area contributed by atoms with Crippen LogP contribution in [-0.4, -0.2) is 51.9 Å². The molecular weight excluding hydrogens is 354 g/mol. The third-order valence-electron chi connectivity index (χ3n) is 4.61. The van der Waals surface area contributed by atoms with Gasteiger partial charge in [-0.15, -0.1) is 0 Å². The fourth-order valence-electron chi connectivity index (χ4n) is 3.10. The second kappa shape index (κ2) is 8.47. The van der Waals surface area contributed by atoms with Gasteiger partial charge in [-0.25, -0.2) is 15.0 Å². The SMILES string of the molecule is O=C(c1ccnc(OCc2ccccc2)c1)N1CCN(c2ncccn2)CC1. The molecule has 1 amide bonds. The van der Waals surface area contributed by atoms with Crippen molar-refractivity contribution in [1.82, 2.24) is 19.9 Å². The van der Waals surface area contributed by atoms with Gasteiger partial charge in [-0.05, 0) is 17.7 Å². The Morgan fingerprint density at radius 3 is 2.39 bits per heavy atom. The van der Waals surface area contributed by atoms with Crippen molar-refractivity contribution >= 4 is 11.9 Å². The summed E-state index contributed by atoms with van der Waals surface area (Å²) >= 11 is 0. The third-order valence-corrected chi connectivity index (χ3v) is 4.61. The average Bonchev–Trinajstić information content (AvgIpc) is 2.79. The molecule has 28 heavy (non-hydrogen) atoms. The maximum absolute atomic E-state index is 12.9. The van der Waals surface area contributed by atoms with Gasteiger partial charge < -0.3 is 14.5 Å². The van der Waals surface area contributed by atoms with Crippen molar-refractivity contribution in [1.29, 1.82) is 0 Å². The molecule has 0 radical (unpaired) electrons. The first kappa shape index (κ1) is 17.9. The number of benzene rings is 1. The summed E-state index contributed by atoms with van der Waals surface area (Å²) in [6.07, 6.45) is 5.07. The first-order valence-electron chi connectivity index (χ1n) is 9.23. The minimum absolute atomic E-state index is 0.0133. The molecule has 0 atom stereocenters. The zero-order chi connectivity index (χ0) is 19.2. The van der Waals surface area contributed by atoms with Crippen LogP contribution in [0.3, 0.4) is 0 Å². The van der Waals surface area contributed by atoms with E-state index in [0.717, 1.165) is 5.56 Å². The summed E-state index contributed by atoms with van der Waals surface area (Å²) in [5, 5.41) is 0. The molecule has 7 nitrogen and oxygen atoms in total. The average molecular weight is 375 g/mol. The van der Waals surface area contributed by atoms with Gasteiger partial charge in [-0.2, -0.15) is 0 Å². The Morgan fingerprint density at radius 1 is 0.893 bits per heavy atom. The molecule has 1 saturated heterocycles. The first-order chi connectivity index (χ1) is 13.8. The lowest BCUT2D eigenvalue weighted by Gasteiger charge is -2.34. The van der Waals surface area contributed by atoms with E-state index in [1.165, 1.54) is 0 Å². The van der Waals surface area contributed by atoms with Crippen LogP contribution >= 0.6 is 0 Å². The molecule has 1 fully saturated rings. The summed E-state index contributed by atoms with van der Waals surface area (Å²) in [4.78, 5) is 29.6. The summed E-state index contributed by atoms with van der Waals surface area (Å²) in [6, 6.07) is 15.1. The Balaban J connectivity index is 1.36. The Labute approximate surface area is 163 Å². The number of carbonyl (C=O) groups is 1. The maximum Gasteiger partial charge on any atom is 0.254 e. The van der Waals surface area contributed by atoms with Gasteiger partial charge in [0, 0.05) is 56.4 Å². The van der Waals surface area contributed by atoms with Crippen LogP contribution < -0.4 is 9.64 Å². The van der Waals surface area contributed by atoms with E-state index in [1.54, 1.807) is 36.8 Å². The van der Waals surface area contributed by atoms with Crippen LogP contribution in [0.25, 0.3) is 0 Å². The molecule has 3 heterocycles. The summed E-state index contributed by atoms with van der Waals surface area (Å²) < 4.78 is 5.74. The zero-order valence-electron chi connectivity index (χ0n) is 15.4. The van der Waals surface area contributed by atoms with Gasteiger partial charge in [-0.1, -0.05) is 30.3 Å². The predicted molar refractivity (Wildman–Crippen MR) is 105 cm³/mol. The molecule has 1 aliphatic heterocycles. The number of nitrogens with zero attached hydrogens (tertiary/aromatic N) is 5. The number of hydrogen-bond donors (Lipinski definition) is 0. The molecular formula is C21H21N5O2. The van der Waals surface area contributed by atoms with E-state index in [2.05, 4.69) is 19.9 Å². The van der Waals surface area contributed by atoms with Crippen molar-refractivity contribution in [2.24, 2.45) is 0 Å². The second-order valence-corrected chi connectivity index (χ2v) is 6.49. The van der Waals surface area contributed by atoms with Gasteiger partial charge in [-0.3, -0.25) is 4.79 Å². The minimum atomic E-state index is -0.0133. The number of carbonyl (C=O) groups excluding carboxylic acids is 1. The predicted octanol–water partition coefficient (Wildman–Crippen LogP) is 2.41. The highest BCUT2D eigenvalue weighted by atomic mass is 16.5. The van der Waals surface area contributed by atoms with Crippen LogP contribution in [0.4, 0.5) is 5.95 Å². The topological polar surface area (TPSA) is 71.5 Å². The Kier molecular flexibility index (Phi) is 5.42. The van der Waals surface area contributed by atoms with E-state index in [-0.39, 0.29) is 5.91 Å². The second-order valence-electron chi connectivity index (χ2n) is 6.49. The summed E-state index contributed by atoms with van der Waals surface area (Å²) in [7, 11) is 0. The molecule has 1 aromatic carbocycles. The lowest BCUT2D eigenvalue weighted by Crippen LogP contribution is -2.49. The van der Waals surface area contributed by atoms with Crippen molar-refractivity contribution in [2.75, 3.05) is 31.1 Å². The normalized spacial score (nSPS) is 14.0. The van der Waals surface area contributed by atoms with E-state index in [4.69, 9.17) is 4.74 Å². The maximum atomic E-state index is 12.9. The molecule has 0 spiro atoms. The number of amides is 1. The number of piperazine rings is 1. The minimum Gasteiger partial charge on any atom is -0.473 e. The number of hydrogen-bond acceptors (Lipinski definition) is 6. The molecule has 7 heteroatoms. The highest BCUT2D eigenvalue weighted by Gasteiger charge is 2.23. The lowest BCUT2D eigenvalue weighted by molar-refractivity contribution is 0.0745. The van der Waals surface area contributed by atoms with Crippen LogP contribution in [0, 0.1) is 0 Å². The summed E-state index contributed by atoms with van der Waals surface area (Å²) in [5.41, 5.74) is 1.64. The fraction of sp³-hybridized carbons (Fsp3) is 0.238. The van der Waals surface area contributed by atoms with Gasteiger partial charge in [0.2, 0.25) is 11.8 Å². The molecule has 142 valence electrons. The Morgan fingerprint density at radius 2 is 1.64 bits per heavy atom. The standard InChI is InChI=1S/C21H21N5O2/c27-20(25-11-13-26(14-12-25)21-23-8-4-9-24-21)18-7-10-22-19(15-18)28-16-17-5-2-1-3-6-17/h1-10,15H,11-14,16H2. The summed E-state index contributed by atoms with van der Waals surface area (Å²) in [6.45, 7) is 3.08. The van der Waals surface area contributed by atoms with E-state index in [9.17, 15) is 4.79 Å². The number of ether oxygens (including phenoxy) is 1. The van der Waals surface area contributed by atoms with E-state index < -0.39 is 0 Å². The van der Waals surface area contributed by atoms with E-state index in [1.807, 2.05) is 35.2 Å². The molecule has 0 aliphatic carbocycles. The third kappa shape index (κ3) is 4.25. The molecule has 0 bridgehead atoms. The smallest absolute Gasteiger partial charge is 0.254 e. The molecule has 0 N–H and O–H groups in total. The molecule has 0 saturated carbocycles. The Bertz CT molecular complexity index is 912. The quantitative estimate of drug-likeness (QED) is 0.682. The number of anilines is 1. The van der Waals surface area contributed by atoms with Gasteiger partial charge >= 0.3 is 0 Å². The van der Waals surface area contributed by atoms with Crippen molar-refractivity contribution in [3.63, 3.8) is 0 Å². The van der Waals surface area contributed by atoms with Crippen LogP contribution in [0.5, 0.6) is 5.88 Å². The van der Waals surface area contributed by atoms with Crippen LogP contribution in [0.1, 0.15) is 15.9 Å². The molecule has 1 aliphatic rings. The highest BCUT2D eigenvalue weighted by molar-refractivity contribution is 5.94. The van der Waals surface area contributed by atoms with Crippen molar-refractivity contribution in [3.05, 3.63) is 78.2 Å². The van der Waals surface area contributed by atoms with Crippen LogP contribution in [0.2, 0.25) is 0 Å². The van der Waals surface area contributed by atoms with Gasteiger partial charge in [0.25, 0.3) is 5.91 Å². The summed E-state index contributed by atoms with van der Waals surface area (Å²) in [5.74, 6) is 1.14. The number of pyridine rings is 1. The number of rotatable bonds is 5. The molecule has 0 unspecified atom stereocenters. The largest absolute Gasteiger partial charge is 0.473 e. The van der Waals surface area contributed by atoms with Crippen molar-refractivity contribution < 1.29 is 9.53 Å². The molecule has 4 rings (SSSR count). The fourth-order valence-corrected chi connectivity index (χ4v) is 3.10. The van der Waals surface area contributed by atoms with Gasteiger partial charge in [0.05, 0.1) is 0 Å². The van der Waals surface area contributed by atoms with Gasteiger partial charge in [0.1, 0.15) is 6.61 Å². The molecule has 3 aromatic rings. The number of aromatic nitrogens is 3. The zero-order valence-corrected chi connectivity index (χ0v) is 15.4. The van der Waals surface area contributed by atoms with Crippen molar-refractivity contribution in [2.45, 2.75) is 6.61 Å². The Hall–Kier alpha value is -3.48. The van der Waals surface area contributed by atoms with Crippen LogP contribution in [0.15, 0.2) is 67.1 Å².